The van der Waals surface area contributed by atoms with Crippen molar-refractivity contribution in [2.45, 2.75) is 26.7 Å². The summed E-state index contributed by atoms with van der Waals surface area (Å²) in [5, 5.41) is 5.68. The highest BCUT2D eigenvalue weighted by Crippen LogP contribution is 1.97. The van der Waals surface area contributed by atoms with E-state index >= 15 is 0 Å². The van der Waals surface area contributed by atoms with Crippen molar-refractivity contribution in [1.29, 1.82) is 0 Å². The van der Waals surface area contributed by atoms with Crippen molar-refractivity contribution in [3.8, 4) is 0 Å². The van der Waals surface area contributed by atoms with E-state index in [1.807, 2.05) is 20.9 Å². The maximum Gasteiger partial charge on any atom is 0.239 e. The number of rotatable bonds is 8. The maximum absolute atomic E-state index is 11.7. The van der Waals surface area contributed by atoms with Gasteiger partial charge in [0.15, 0.2) is 0 Å². The summed E-state index contributed by atoms with van der Waals surface area (Å²) >= 11 is 0. The molecule has 0 aromatic heterocycles. The SMILES string of the molecule is CCNC(=O)CN(CC)C(=O)CCCNC. The zero-order valence-corrected chi connectivity index (χ0v) is 10.5. The molecule has 0 heterocycles. The molecule has 5 nitrogen and oxygen atoms in total. The quantitative estimate of drug-likeness (QED) is 0.575. The first-order chi connectivity index (χ1) is 7.65. The van der Waals surface area contributed by atoms with Gasteiger partial charge in [0.25, 0.3) is 0 Å². The van der Waals surface area contributed by atoms with Gasteiger partial charge in [-0.05, 0) is 33.9 Å². The minimum Gasteiger partial charge on any atom is -0.355 e. The zero-order valence-electron chi connectivity index (χ0n) is 10.5. The van der Waals surface area contributed by atoms with E-state index in [9.17, 15) is 9.59 Å². The van der Waals surface area contributed by atoms with Crippen LogP contribution in [0, 0.1) is 0 Å². The van der Waals surface area contributed by atoms with Crippen LogP contribution in [0.2, 0.25) is 0 Å². The van der Waals surface area contributed by atoms with Gasteiger partial charge in [-0.25, -0.2) is 0 Å². The van der Waals surface area contributed by atoms with Crippen LogP contribution in [-0.2, 0) is 9.59 Å². The van der Waals surface area contributed by atoms with Gasteiger partial charge >= 0.3 is 0 Å². The van der Waals surface area contributed by atoms with E-state index in [0.29, 0.717) is 19.5 Å². The molecule has 0 rings (SSSR count). The Morgan fingerprint density at radius 1 is 1.25 bits per heavy atom. The molecule has 16 heavy (non-hydrogen) atoms. The van der Waals surface area contributed by atoms with Crippen LogP contribution in [0.25, 0.3) is 0 Å². The molecular formula is C11H23N3O2. The lowest BCUT2D eigenvalue weighted by Crippen LogP contribution is -2.40. The number of carbonyl (C=O) groups is 2. The van der Waals surface area contributed by atoms with Gasteiger partial charge in [-0.1, -0.05) is 0 Å². The lowest BCUT2D eigenvalue weighted by molar-refractivity contribution is -0.135. The summed E-state index contributed by atoms with van der Waals surface area (Å²) in [7, 11) is 1.86. The standard InChI is InChI=1S/C11H23N3O2/c1-4-13-10(15)9-14(5-2)11(16)7-6-8-12-3/h12H,4-9H2,1-3H3,(H,13,15). The van der Waals surface area contributed by atoms with E-state index < -0.39 is 0 Å². The largest absolute Gasteiger partial charge is 0.355 e. The molecule has 2 N–H and O–H groups in total. The highest BCUT2D eigenvalue weighted by molar-refractivity contribution is 5.84. The second kappa shape index (κ2) is 9.15. The summed E-state index contributed by atoms with van der Waals surface area (Å²) in [6, 6.07) is 0. The second-order valence-corrected chi connectivity index (χ2v) is 3.57. The van der Waals surface area contributed by atoms with Gasteiger partial charge in [0.1, 0.15) is 0 Å². The third-order valence-corrected chi connectivity index (χ3v) is 2.26. The molecule has 0 aliphatic heterocycles. The van der Waals surface area contributed by atoms with Gasteiger partial charge in [-0.15, -0.1) is 0 Å². The molecule has 0 saturated heterocycles. The van der Waals surface area contributed by atoms with E-state index in [-0.39, 0.29) is 18.4 Å². The van der Waals surface area contributed by atoms with Gasteiger partial charge < -0.3 is 15.5 Å². The predicted octanol–water partition coefficient (Wildman–Crippen LogP) is -0.0294. The van der Waals surface area contributed by atoms with Gasteiger partial charge in [0.05, 0.1) is 6.54 Å². The van der Waals surface area contributed by atoms with Gasteiger partial charge in [0.2, 0.25) is 11.8 Å². The normalized spacial score (nSPS) is 9.94. The zero-order chi connectivity index (χ0) is 12.4. The highest BCUT2D eigenvalue weighted by atomic mass is 16.2. The van der Waals surface area contributed by atoms with Gasteiger partial charge in [-0.3, -0.25) is 9.59 Å². The number of likely N-dealkylation sites (N-methyl/N-ethyl adjacent to an activating group) is 2. The van der Waals surface area contributed by atoms with Crippen LogP contribution in [0.5, 0.6) is 0 Å². The summed E-state index contributed by atoms with van der Waals surface area (Å²) in [5.74, 6) is -0.0460. The van der Waals surface area contributed by atoms with E-state index in [0.717, 1.165) is 13.0 Å². The molecule has 2 amide bonds. The fraction of sp³-hybridized carbons (Fsp3) is 0.818. The maximum atomic E-state index is 11.7. The Morgan fingerprint density at radius 3 is 2.44 bits per heavy atom. The topological polar surface area (TPSA) is 61.4 Å². The number of nitrogens with zero attached hydrogens (tertiary/aromatic N) is 1. The van der Waals surface area contributed by atoms with Crippen molar-refractivity contribution in [3.05, 3.63) is 0 Å². The third kappa shape index (κ3) is 6.40. The average Bonchev–Trinajstić information content (AvgIpc) is 2.26. The Hall–Kier alpha value is -1.10. The van der Waals surface area contributed by atoms with E-state index in [2.05, 4.69) is 10.6 Å². The van der Waals surface area contributed by atoms with E-state index in [4.69, 9.17) is 0 Å². The van der Waals surface area contributed by atoms with Crippen LogP contribution in [0.1, 0.15) is 26.7 Å². The minimum absolute atomic E-state index is 0.0454. The van der Waals surface area contributed by atoms with E-state index in [1.165, 1.54) is 0 Å². The van der Waals surface area contributed by atoms with Crippen LogP contribution < -0.4 is 10.6 Å². The van der Waals surface area contributed by atoms with Crippen LogP contribution in [-0.4, -0.2) is 49.9 Å². The average molecular weight is 229 g/mol. The Kier molecular flexibility index (Phi) is 8.52. The molecule has 0 fully saturated rings. The van der Waals surface area contributed by atoms with Crippen molar-refractivity contribution in [2.75, 3.05) is 33.2 Å². The molecule has 0 spiro atoms. The molecule has 0 aromatic carbocycles. The molecule has 0 atom stereocenters. The third-order valence-electron chi connectivity index (χ3n) is 2.26. The molecule has 0 unspecified atom stereocenters. The van der Waals surface area contributed by atoms with Crippen LogP contribution in [0.15, 0.2) is 0 Å². The summed E-state index contributed by atoms with van der Waals surface area (Å²) in [6.45, 7) is 5.92. The second-order valence-electron chi connectivity index (χ2n) is 3.57. The van der Waals surface area contributed by atoms with Crippen molar-refractivity contribution in [1.82, 2.24) is 15.5 Å². The smallest absolute Gasteiger partial charge is 0.239 e. The molecular weight excluding hydrogens is 206 g/mol. The van der Waals surface area contributed by atoms with Crippen LogP contribution in [0.3, 0.4) is 0 Å². The molecule has 0 saturated carbocycles. The first-order valence-electron chi connectivity index (χ1n) is 5.84. The Balaban J connectivity index is 3.96. The molecule has 0 radical (unpaired) electrons. The Bertz CT molecular complexity index is 219. The van der Waals surface area contributed by atoms with Crippen LogP contribution in [0.4, 0.5) is 0 Å². The van der Waals surface area contributed by atoms with Crippen molar-refractivity contribution in [3.63, 3.8) is 0 Å². The first-order valence-corrected chi connectivity index (χ1v) is 5.84. The number of hydrogen-bond donors (Lipinski definition) is 2. The van der Waals surface area contributed by atoms with Crippen molar-refractivity contribution in [2.24, 2.45) is 0 Å². The summed E-state index contributed by atoms with van der Waals surface area (Å²) in [6.07, 6.45) is 1.30. The lowest BCUT2D eigenvalue weighted by atomic mass is 10.2. The summed E-state index contributed by atoms with van der Waals surface area (Å²) in [4.78, 5) is 24.6. The summed E-state index contributed by atoms with van der Waals surface area (Å²) in [5.41, 5.74) is 0. The monoisotopic (exact) mass is 229 g/mol. The number of amides is 2. The Morgan fingerprint density at radius 2 is 1.94 bits per heavy atom. The molecule has 5 heteroatoms. The van der Waals surface area contributed by atoms with E-state index in [1.54, 1.807) is 4.90 Å². The number of nitrogens with one attached hydrogen (secondary N) is 2. The number of carbonyl (C=O) groups excluding carboxylic acids is 2. The van der Waals surface area contributed by atoms with Crippen LogP contribution >= 0.6 is 0 Å². The summed E-state index contributed by atoms with van der Waals surface area (Å²) < 4.78 is 0. The molecule has 0 aliphatic carbocycles. The fourth-order valence-corrected chi connectivity index (χ4v) is 1.38. The molecule has 94 valence electrons. The highest BCUT2D eigenvalue weighted by Gasteiger charge is 2.14. The van der Waals surface area contributed by atoms with Crippen molar-refractivity contribution >= 4 is 11.8 Å². The van der Waals surface area contributed by atoms with Gasteiger partial charge in [-0.2, -0.15) is 0 Å². The van der Waals surface area contributed by atoms with Gasteiger partial charge in [0, 0.05) is 19.5 Å². The predicted molar refractivity (Wildman–Crippen MR) is 64.1 cm³/mol. The Labute approximate surface area is 97.6 Å². The first kappa shape index (κ1) is 14.9. The molecule has 0 bridgehead atoms. The number of hydrogen-bond acceptors (Lipinski definition) is 3. The lowest BCUT2D eigenvalue weighted by Gasteiger charge is -2.20. The fourth-order valence-electron chi connectivity index (χ4n) is 1.38. The minimum atomic E-state index is -0.0914. The molecule has 0 aliphatic rings. The molecule has 0 aromatic rings. The van der Waals surface area contributed by atoms with Crippen molar-refractivity contribution < 1.29 is 9.59 Å².